The molecule has 29 heavy (non-hydrogen) atoms. The Morgan fingerprint density at radius 2 is 1.62 bits per heavy atom. The highest BCUT2D eigenvalue weighted by Gasteiger charge is 2.10. The normalized spacial score (nSPS) is 10.3. The summed E-state index contributed by atoms with van der Waals surface area (Å²) < 4.78 is 5.23. The van der Waals surface area contributed by atoms with Gasteiger partial charge in [-0.15, -0.1) is 11.8 Å². The molecule has 0 aliphatic heterocycles. The molecule has 0 bridgehead atoms. The Morgan fingerprint density at radius 3 is 2.34 bits per heavy atom. The third-order valence-electron chi connectivity index (χ3n) is 3.98. The van der Waals surface area contributed by atoms with Gasteiger partial charge in [-0.1, -0.05) is 35.9 Å². The molecule has 0 saturated heterocycles. The van der Waals surface area contributed by atoms with Gasteiger partial charge in [-0.3, -0.25) is 9.59 Å². The smallest absolute Gasteiger partial charge is 0.255 e. The highest BCUT2D eigenvalue weighted by Crippen LogP contribution is 2.27. The molecule has 7 heteroatoms. The Morgan fingerprint density at radius 1 is 0.931 bits per heavy atom. The van der Waals surface area contributed by atoms with Crippen molar-refractivity contribution in [2.75, 3.05) is 23.5 Å². The lowest BCUT2D eigenvalue weighted by atomic mass is 10.2. The minimum atomic E-state index is -0.262. The van der Waals surface area contributed by atoms with E-state index in [1.54, 1.807) is 49.6 Å². The Hall–Kier alpha value is -2.96. The SMILES string of the molecule is COc1ccccc1NC(=O)c1ccc(NC(=O)CSc2ccccc2Cl)cc1. The molecular formula is C22H19ClN2O3S. The number of benzene rings is 3. The lowest BCUT2D eigenvalue weighted by Crippen LogP contribution is -2.15. The number of nitrogens with one attached hydrogen (secondary N) is 2. The van der Waals surface area contributed by atoms with Crippen molar-refractivity contribution in [3.63, 3.8) is 0 Å². The van der Waals surface area contributed by atoms with Crippen LogP contribution in [0.5, 0.6) is 5.75 Å². The molecule has 0 fully saturated rings. The van der Waals surface area contributed by atoms with E-state index >= 15 is 0 Å². The van der Waals surface area contributed by atoms with Gasteiger partial charge in [-0.05, 0) is 48.5 Å². The van der Waals surface area contributed by atoms with E-state index in [1.165, 1.54) is 11.8 Å². The van der Waals surface area contributed by atoms with E-state index in [0.29, 0.717) is 27.7 Å². The van der Waals surface area contributed by atoms with Gasteiger partial charge in [0.1, 0.15) is 5.75 Å². The predicted molar refractivity (Wildman–Crippen MR) is 118 cm³/mol. The number of rotatable bonds is 7. The number of methoxy groups -OCH3 is 1. The summed E-state index contributed by atoms with van der Waals surface area (Å²) in [5.41, 5.74) is 1.68. The van der Waals surface area contributed by atoms with Crippen LogP contribution in [0.15, 0.2) is 77.7 Å². The first kappa shape index (κ1) is 20.8. The Kier molecular flexibility index (Phi) is 7.16. The highest BCUT2D eigenvalue weighted by molar-refractivity contribution is 8.00. The second-order valence-electron chi connectivity index (χ2n) is 6.00. The van der Waals surface area contributed by atoms with Crippen LogP contribution in [0.1, 0.15) is 10.4 Å². The number of carbonyl (C=O) groups is 2. The summed E-state index contributed by atoms with van der Waals surface area (Å²) in [6, 6.07) is 21.3. The van der Waals surface area contributed by atoms with Crippen LogP contribution in [-0.2, 0) is 4.79 Å². The summed E-state index contributed by atoms with van der Waals surface area (Å²) in [5, 5.41) is 6.25. The molecule has 0 aromatic heterocycles. The molecule has 2 amide bonds. The molecular weight excluding hydrogens is 408 g/mol. The van der Waals surface area contributed by atoms with Gasteiger partial charge in [0.05, 0.1) is 23.6 Å². The van der Waals surface area contributed by atoms with Crippen molar-refractivity contribution in [1.82, 2.24) is 0 Å². The first-order valence-electron chi connectivity index (χ1n) is 8.78. The highest BCUT2D eigenvalue weighted by atomic mass is 35.5. The van der Waals surface area contributed by atoms with Crippen LogP contribution in [0.4, 0.5) is 11.4 Å². The number of carbonyl (C=O) groups excluding carboxylic acids is 2. The quantitative estimate of drug-likeness (QED) is 0.501. The fourth-order valence-electron chi connectivity index (χ4n) is 2.55. The second-order valence-corrected chi connectivity index (χ2v) is 7.42. The summed E-state index contributed by atoms with van der Waals surface area (Å²) in [6.07, 6.45) is 0. The first-order valence-corrected chi connectivity index (χ1v) is 10.1. The monoisotopic (exact) mass is 426 g/mol. The van der Waals surface area contributed by atoms with Gasteiger partial charge in [-0.25, -0.2) is 0 Å². The van der Waals surface area contributed by atoms with Crippen LogP contribution < -0.4 is 15.4 Å². The van der Waals surface area contributed by atoms with E-state index in [0.717, 1.165) is 4.90 Å². The van der Waals surface area contributed by atoms with Gasteiger partial charge in [0.2, 0.25) is 5.91 Å². The van der Waals surface area contributed by atoms with Gasteiger partial charge in [-0.2, -0.15) is 0 Å². The van der Waals surface area contributed by atoms with E-state index in [4.69, 9.17) is 16.3 Å². The maximum Gasteiger partial charge on any atom is 0.255 e. The molecule has 2 N–H and O–H groups in total. The molecule has 0 unspecified atom stereocenters. The minimum Gasteiger partial charge on any atom is -0.495 e. The number of hydrogen-bond donors (Lipinski definition) is 2. The second kappa shape index (κ2) is 10.0. The molecule has 0 radical (unpaired) electrons. The van der Waals surface area contributed by atoms with Gasteiger partial charge < -0.3 is 15.4 Å². The van der Waals surface area contributed by atoms with Crippen LogP contribution in [-0.4, -0.2) is 24.7 Å². The number of anilines is 2. The third-order valence-corrected chi connectivity index (χ3v) is 5.50. The van der Waals surface area contributed by atoms with E-state index in [2.05, 4.69) is 10.6 Å². The summed E-state index contributed by atoms with van der Waals surface area (Å²) in [4.78, 5) is 25.5. The molecule has 0 aliphatic rings. The Bertz CT molecular complexity index is 1010. The van der Waals surface area contributed by atoms with E-state index in [1.807, 2.05) is 30.3 Å². The van der Waals surface area contributed by atoms with Crippen LogP contribution in [0.3, 0.4) is 0 Å². The van der Waals surface area contributed by atoms with Crippen LogP contribution >= 0.6 is 23.4 Å². The van der Waals surface area contributed by atoms with Crippen LogP contribution in [0, 0.1) is 0 Å². The topological polar surface area (TPSA) is 67.4 Å². The van der Waals surface area contributed by atoms with Crippen molar-refractivity contribution in [3.05, 3.63) is 83.4 Å². The lowest BCUT2D eigenvalue weighted by molar-refractivity contribution is -0.113. The molecule has 148 valence electrons. The summed E-state index contributed by atoms with van der Waals surface area (Å²) in [6.45, 7) is 0. The van der Waals surface area contributed by atoms with Crippen molar-refractivity contribution < 1.29 is 14.3 Å². The maximum absolute atomic E-state index is 12.4. The van der Waals surface area contributed by atoms with Gasteiger partial charge >= 0.3 is 0 Å². The molecule has 0 saturated carbocycles. The molecule has 0 heterocycles. The molecule has 3 rings (SSSR count). The van der Waals surface area contributed by atoms with E-state index < -0.39 is 0 Å². The fraction of sp³-hybridized carbons (Fsp3) is 0.0909. The molecule has 3 aromatic rings. The standard InChI is InChI=1S/C22H19ClN2O3S/c1-28-19-8-4-3-7-18(19)25-22(27)15-10-12-16(13-11-15)24-21(26)14-29-20-9-5-2-6-17(20)23/h2-13H,14H2,1H3,(H,24,26)(H,25,27). The zero-order valence-corrected chi connectivity index (χ0v) is 17.2. The number of hydrogen-bond acceptors (Lipinski definition) is 4. The molecule has 3 aromatic carbocycles. The van der Waals surface area contributed by atoms with Crippen molar-refractivity contribution in [2.45, 2.75) is 4.90 Å². The van der Waals surface area contributed by atoms with E-state index in [-0.39, 0.29) is 17.6 Å². The number of ether oxygens (including phenoxy) is 1. The average Bonchev–Trinajstić information content (AvgIpc) is 2.74. The summed E-state index contributed by atoms with van der Waals surface area (Å²) in [5.74, 6) is 0.406. The molecule has 0 aliphatic carbocycles. The molecule has 0 spiro atoms. The van der Waals surface area contributed by atoms with Crippen LogP contribution in [0.25, 0.3) is 0 Å². The van der Waals surface area contributed by atoms with Crippen molar-refractivity contribution in [2.24, 2.45) is 0 Å². The number of para-hydroxylation sites is 2. The maximum atomic E-state index is 12.4. The first-order chi connectivity index (χ1) is 14.1. The minimum absolute atomic E-state index is 0.152. The molecule has 5 nitrogen and oxygen atoms in total. The summed E-state index contributed by atoms with van der Waals surface area (Å²) >= 11 is 7.46. The van der Waals surface area contributed by atoms with Crippen molar-refractivity contribution in [1.29, 1.82) is 0 Å². The van der Waals surface area contributed by atoms with Crippen LogP contribution in [0.2, 0.25) is 5.02 Å². The van der Waals surface area contributed by atoms with E-state index in [9.17, 15) is 9.59 Å². The number of amides is 2. The van der Waals surface area contributed by atoms with Gasteiger partial charge in [0.15, 0.2) is 0 Å². The summed E-state index contributed by atoms with van der Waals surface area (Å²) in [7, 11) is 1.55. The number of halogens is 1. The Labute approximate surface area is 178 Å². The fourth-order valence-corrected chi connectivity index (χ4v) is 3.59. The lowest BCUT2D eigenvalue weighted by Gasteiger charge is -2.10. The number of thioether (sulfide) groups is 1. The third kappa shape index (κ3) is 5.76. The largest absolute Gasteiger partial charge is 0.495 e. The van der Waals surface area contributed by atoms with Gasteiger partial charge in [0, 0.05) is 16.1 Å². The predicted octanol–water partition coefficient (Wildman–Crippen LogP) is 5.33. The molecule has 0 atom stereocenters. The van der Waals surface area contributed by atoms with Gasteiger partial charge in [0.25, 0.3) is 5.91 Å². The average molecular weight is 427 g/mol. The van der Waals surface area contributed by atoms with Crippen molar-refractivity contribution >= 4 is 46.6 Å². The zero-order chi connectivity index (χ0) is 20.6. The Balaban J connectivity index is 1.56. The van der Waals surface area contributed by atoms with Crippen molar-refractivity contribution in [3.8, 4) is 5.75 Å². The zero-order valence-electron chi connectivity index (χ0n) is 15.6.